The summed E-state index contributed by atoms with van der Waals surface area (Å²) >= 11 is 1.88. The highest BCUT2D eigenvalue weighted by molar-refractivity contribution is 7.12. The van der Waals surface area contributed by atoms with Gasteiger partial charge in [-0.1, -0.05) is 31.2 Å². The Hall–Kier alpha value is -1.12. The van der Waals surface area contributed by atoms with Crippen LogP contribution in [0.4, 0.5) is 0 Å². The monoisotopic (exact) mass is 245 g/mol. The van der Waals surface area contributed by atoms with Crippen LogP contribution in [0.1, 0.15) is 33.8 Å². The molecule has 1 atom stereocenters. The van der Waals surface area contributed by atoms with Crippen LogP contribution in [0.5, 0.6) is 0 Å². The fraction of sp³-hybridized carbons (Fsp3) is 0.333. The molecule has 0 saturated heterocycles. The molecule has 0 aliphatic heterocycles. The molecule has 1 heterocycles. The van der Waals surface area contributed by atoms with Crippen molar-refractivity contribution < 1.29 is 0 Å². The van der Waals surface area contributed by atoms with Gasteiger partial charge in [0, 0.05) is 9.75 Å². The zero-order valence-corrected chi connectivity index (χ0v) is 11.5. The van der Waals surface area contributed by atoms with Crippen LogP contribution in [0.15, 0.2) is 36.4 Å². The lowest BCUT2D eigenvalue weighted by atomic mass is 10.00. The van der Waals surface area contributed by atoms with E-state index in [-0.39, 0.29) is 0 Å². The molecule has 90 valence electrons. The van der Waals surface area contributed by atoms with E-state index in [9.17, 15) is 0 Å². The van der Waals surface area contributed by atoms with Crippen molar-refractivity contribution in [2.75, 3.05) is 6.54 Å². The average Bonchev–Trinajstić information content (AvgIpc) is 2.74. The van der Waals surface area contributed by atoms with E-state index in [2.05, 4.69) is 62.5 Å². The minimum Gasteiger partial charge on any atom is -0.306 e. The van der Waals surface area contributed by atoms with Gasteiger partial charge in [-0.05, 0) is 43.7 Å². The third kappa shape index (κ3) is 2.76. The Bertz CT molecular complexity index is 487. The molecule has 0 aliphatic rings. The van der Waals surface area contributed by atoms with Crippen molar-refractivity contribution in [1.29, 1.82) is 0 Å². The molecule has 0 radical (unpaired) electrons. The number of benzene rings is 1. The lowest BCUT2D eigenvalue weighted by Crippen LogP contribution is -2.21. The van der Waals surface area contributed by atoms with Gasteiger partial charge in [-0.15, -0.1) is 11.3 Å². The topological polar surface area (TPSA) is 12.0 Å². The van der Waals surface area contributed by atoms with Crippen LogP contribution in [0.25, 0.3) is 0 Å². The van der Waals surface area contributed by atoms with E-state index in [1.807, 2.05) is 11.3 Å². The predicted octanol–water partition coefficient (Wildman–Crippen LogP) is 4.06. The second kappa shape index (κ2) is 5.48. The van der Waals surface area contributed by atoms with Gasteiger partial charge in [-0.3, -0.25) is 0 Å². The number of hydrogen-bond acceptors (Lipinski definition) is 2. The van der Waals surface area contributed by atoms with Gasteiger partial charge in [0.05, 0.1) is 6.04 Å². The van der Waals surface area contributed by atoms with Crippen molar-refractivity contribution in [3.63, 3.8) is 0 Å². The second-order valence-corrected chi connectivity index (χ2v) is 5.62. The zero-order chi connectivity index (χ0) is 12.3. The van der Waals surface area contributed by atoms with E-state index in [4.69, 9.17) is 0 Å². The lowest BCUT2D eigenvalue weighted by molar-refractivity contribution is 0.637. The number of thiophene rings is 1. The molecule has 0 saturated carbocycles. The highest BCUT2D eigenvalue weighted by Crippen LogP contribution is 2.29. The molecule has 2 rings (SSSR count). The van der Waals surface area contributed by atoms with Crippen molar-refractivity contribution in [2.45, 2.75) is 26.8 Å². The van der Waals surface area contributed by atoms with Gasteiger partial charge in [0.25, 0.3) is 0 Å². The first-order valence-corrected chi connectivity index (χ1v) is 6.89. The summed E-state index contributed by atoms with van der Waals surface area (Å²) in [6.45, 7) is 7.48. The Kier molecular flexibility index (Phi) is 3.97. The molecule has 0 bridgehead atoms. The maximum atomic E-state index is 3.58. The minimum absolute atomic E-state index is 0.333. The number of nitrogens with one attached hydrogen (secondary N) is 1. The summed E-state index contributed by atoms with van der Waals surface area (Å²) in [7, 11) is 0. The van der Waals surface area contributed by atoms with Gasteiger partial charge in [0.15, 0.2) is 0 Å². The Balaban J connectivity index is 2.39. The normalized spacial score (nSPS) is 12.6. The molecule has 17 heavy (non-hydrogen) atoms. The second-order valence-electron chi connectivity index (χ2n) is 4.30. The van der Waals surface area contributed by atoms with Gasteiger partial charge < -0.3 is 5.32 Å². The molecule has 2 aromatic rings. The first kappa shape index (κ1) is 12.3. The lowest BCUT2D eigenvalue weighted by Gasteiger charge is -2.19. The van der Waals surface area contributed by atoms with Crippen molar-refractivity contribution >= 4 is 11.3 Å². The molecule has 0 spiro atoms. The van der Waals surface area contributed by atoms with Crippen LogP contribution < -0.4 is 5.32 Å². The quantitative estimate of drug-likeness (QED) is 0.856. The van der Waals surface area contributed by atoms with E-state index in [0.29, 0.717) is 6.04 Å². The smallest absolute Gasteiger partial charge is 0.0673 e. The van der Waals surface area contributed by atoms with Gasteiger partial charge in [0.2, 0.25) is 0 Å². The molecular formula is C15H19NS. The molecule has 0 fully saturated rings. The number of hydrogen-bond donors (Lipinski definition) is 1. The molecule has 0 amide bonds. The van der Waals surface area contributed by atoms with Crippen molar-refractivity contribution in [3.05, 3.63) is 57.3 Å². The Morgan fingerprint density at radius 3 is 2.47 bits per heavy atom. The minimum atomic E-state index is 0.333. The largest absolute Gasteiger partial charge is 0.306 e. The summed E-state index contributed by atoms with van der Waals surface area (Å²) in [6, 6.07) is 13.4. The first-order valence-electron chi connectivity index (χ1n) is 6.07. The fourth-order valence-corrected chi connectivity index (χ4v) is 3.06. The van der Waals surface area contributed by atoms with Crippen LogP contribution in [0.3, 0.4) is 0 Å². The first-order chi connectivity index (χ1) is 8.22. The standard InChI is InChI=1S/C15H19NS/c1-4-16-15(14-10-9-12(3)17-14)13-8-6-5-7-11(13)2/h5-10,15-16H,4H2,1-3H3. The molecule has 1 unspecified atom stereocenters. The highest BCUT2D eigenvalue weighted by atomic mass is 32.1. The van der Waals surface area contributed by atoms with Crippen LogP contribution in [-0.2, 0) is 0 Å². The van der Waals surface area contributed by atoms with Gasteiger partial charge in [-0.2, -0.15) is 0 Å². The average molecular weight is 245 g/mol. The fourth-order valence-electron chi connectivity index (χ4n) is 2.09. The zero-order valence-electron chi connectivity index (χ0n) is 10.7. The molecule has 1 N–H and O–H groups in total. The summed E-state index contributed by atoms with van der Waals surface area (Å²) in [6.07, 6.45) is 0. The summed E-state index contributed by atoms with van der Waals surface area (Å²) in [5, 5.41) is 3.58. The van der Waals surface area contributed by atoms with Crippen LogP contribution >= 0.6 is 11.3 Å². The molecule has 1 aromatic heterocycles. The number of rotatable bonds is 4. The molecule has 1 aromatic carbocycles. The Labute approximate surface area is 108 Å². The van der Waals surface area contributed by atoms with E-state index < -0.39 is 0 Å². The Morgan fingerprint density at radius 2 is 1.88 bits per heavy atom. The molecule has 0 aliphatic carbocycles. The van der Waals surface area contributed by atoms with Crippen LogP contribution in [0, 0.1) is 13.8 Å². The maximum Gasteiger partial charge on any atom is 0.0673 e. The van der Waals surface area contributed by atoms with Crippen LogP contribution in [-0.4, -0.2) is 6.54 Å². The summed E-state index contributed by atoms with van der Waals surface area (Å²) in [5.41, 5.74) is 2.74. The third-order valence-electron chi connectivity index (χ3n) is 2.95. The van der Waals surface area contributed by atoms with Crippen molar-refractivity contribution in [2.24, 2.45) is 0 Å². The van der Waals surface area contributed by atoms with E-state index in [1.54, 1.807) is 0 Å². The highest BCUT2D eigenvalue weighted by Gasteiger charge is 2.15. The maximum absolute atomic E-state index is 3.58. The van der Waals surface area contributed by atoms with E-state index in [1.165, 1.54) is 20.9 Å². The predicted molar refractivity (Wildman–Crippen MR) is 75.8 cm³/mol. The van der Waals surface area contributed by atoms with Gasteiger partial charge in [-0.25, -0.2) is 0 Å². The van der Waals surface area contributed by atoms with Gasteiger partial charge >= 0.3 is 0 Å². The van der Waals surface area contributed by atoms with E-state index in [0.717, 1.165) is 6.54 Å². The Morgan fingerprint density at radius 1 is 1.12 bits per heavy atom. The SMILES string of the molecule is CCNC(c1ccc(C)s1)c1ccccc1C. The number of aryl methyl sites for hydroxylation is 2. The molecule has 1 nitrogen and oxygen atoms in total. The van der Waals surface area contributed by atoms with Crippen LogP contribution in [0.2, 0.25) is 0 Å². The summed E-state index contributed by atoms with van der Waals surface area (Å²) in [4.78, 5) is 2.77. The van der Waals surface area contributed by atoms with Crippen molar-refractivity contribution in [3.8, 4) is 0 Å². The molecular weight excluding hydrogens is 226 g/mol. The summed E-state index contributed by atoms with van der Waals surface area (Å²) < 4.78 is 0. The van der Waals surface area contributed by atoms with E-state index >= 15 is 0 Å². The van der Waals surface area contributed by atoms with Crippen molar-refractivity contribution in [1.82, 2.24) is 5.32 Å². The van der Waals surface area contributed by atoms with Gasteiger partial charge in [0.1, 0.15) is 0 Å². The third-order valence-corrected chi connectivity index (χ3v) is 4.02. The molecule has 2 heteroatoms. The summed E-state index contributed by atoms with van der Waals surface area (Å²) in [5.74, 6) is 0.